The van der Waals surface area contributed by atoms with Crippen LogP contribution in [0.5, 0.6) is 23.0 Å². The number of ether oxygens (including phenoxy) is 1. The van der Waals surface area contributed by atoms with Gasteiger partial charge in [-0.3, -0.25) is 0 Å². The third-order valence-corrected chi connectivity index (χ3v) is 11.2. The number of esters is 1. The Bertz CT molecular complexity index is 1980. The summed E-state index contributed by atoms with van der Waals surface area (Å²) < 4.78 is 27.4. The summed E-state index contributed by atoms with van der Waals surface area (Å²) in [6, 6.07) is 22.6. The average Bonchev–Trinajstić information content (AvgIpc) is 3.03. The highest BCUT2D eigenvalue weighted by atomic mass is 31.2. The van der Waals surface area contributed by atoms with E-state index in [4.69, 9.17) is 18.3 Å². The van der Waals surface area contributed by atoms with Crippen LogP contribution >= 0.6 is 8.60 Å². The molecule has 0 aliphatic carbocycles. The predicted octanol–water partition coefficient (Wildman–Crippen LogP) is 15.1. The lowest BCUT2D eigenvalue weighted by Gasteiger charge is -2.32. The van der Waals surface area contributed by atoms with E-state index < -0.39 is 25.4 Å². The molecule has 0 amide bonds. The molecule has 0 bridgehead atoms. The minimum Gasteiger partial charge on any atom is -0.423 e. The van der Waals surface area contributed by atoms with Crippen molar-refractivity contribution >= 4 is 14.6 Å². The van der Waals surface area contributed by atoms with Gasteiger partial charge in [0.1, 0.15) is 23.0 Å². The van der Waals surface area contributed by atoms with Crippen molar-refractivity contribution < 1.29 is 23.1 Å². The van der Waals surface area contributed by atoms with Crippen molar-refractivity contribution in [3.63, 3.8) is 0 Å². The van der Waals surface area contributed by atoms with Crippen molar-refractivity contribution in [2.45, 2.75) is 171 Å². The second-order valence-corrected chi connectivity index (χ2v) is 23.0. The third-order valence-electron chi connectivity index (χ3n) is 10.2. The first-order valence-corrected chi connectivity index (χ1v) is 21.5. The molecule has 6 heteroatoms. The highest BCUT2D eigenvalue weighted by Crippen LogP contribution is 2.52. The molecule has 0 saturated carbocycles. The number of aryl methyl sites for hydroxylation is 2. The number of hydrogen-bond donors (Lipinski definition) is 0. The van der Waals surface area contributed by atoms with Gasteiger partial charge in [0.25, 0.3) is 0 Å². The maximum absolute atomic E-state index is 14.4. The van der Waals surface area contributed by atoms with Gasteiger partial charge in [-0.25, -0.2) is 4.79 Å². The van der Waals surface area contributed by atoms with Crippen LogP contribution in [0.1, 0.15) is 179 Å². The van der Waals surface area contributed by atoms with Gasteiger partial charge in [0.2, 0.25) is 0 Å². The fourth-order valence-corrected chi connectivity index (χ4v) is 7.80. The summed E-state index contributed by atoms with van der Waals surface area (Å²) in [6.45, 7) is 43.2. The molecule has 57 heavy (non-hydrogen) atoms. The quantitative estimate of drug-likeness (QED) is 0.101. The second kappa shape index (κ2) is 16.1. The number of benzene rings is 4. The van der Waals surface area contributed by atoms with Crippen molar-refractivity contribution in [3.8, 4) is 23.0 Å². The van der Waals surface area contributed by atoms with Gasteiger partial charge in [0, 0.05) is 27.8 Å². The molecule has 0 spiro atoms. The summed E-state index contributed by atoms with van der Waals surface area (Å²) in [5.74, 6) is 2.24. The average molecular weight is 795 g/mol. The normalized spacial score (nSPS) is 13.1. The fraction of sp³-hybridized carbons (Fsp3) is 0.510. The van der Waals surface area contributed by atoms with Crippen LogP contribution < -0.4 is 18.3 Å². The van der Waals surface area contributed by atoms with Crippen LogP contribution in [0.3, 0.4) is 0 Å². The molecule has 0 fully saturated rings. The minimum atomic E-state index is -2.07. The monoisotopic (exact) mass is 795 g/mol. The van der Waals surface area contributed by atoms with E-state index in [1.54, 1.807) is 0 Å². The molecule has 0 N–H and O–H groups in total. The summed E-state index contributed by atoms with van der Waals surface area (Å²) >= 11 is 0. The van der Waals surface area contributed by atoms with E-state index >= 15 is 0 Å². The van der Waals surface area contributed by atoms with Crippen LogP contribution in [-0.4, -0.2) is 5.97 Å². The standard InChI is InChI=1S/C51H71O5P/c1-32-21-24-42(36(27-32)47(6,7)8)54-57(55-43-25-22-33(2)28-37(43)48(9,10)11)56-44-39(50(15,16)17)29-34(30-40(44)51(18,19)20)45(52)53-41-26-23-35(46(3,4)5)31-38(41)49(12,13)14/h21-31H,1-20H3. The molecule has 0 aromatic heterocycles. The molecule has 310 valence electrons. The van der Waals surface area contributed by atoms with E-state index in [0.717, 1.165) is 38.9 Å². The Morgan fingerprint density at radius 1 is 0.421 bits per heavy atom. The summed E-state index contributed by atoms with van der Waals surface area (Å²) in [5, 5.41) is 0. The van der Waals surface area contributed by atoms with Gasteiger partial charge >= 0.3 is 14.6 Å². The first-order chi connectivity index (χ1) is 25.8. The minimum absolute atomic E-state index is 0.0457. The summed E-state index contributed by atoms with van der Waals surface area (Å²) in [6.07, 6.45) is 0. The summed E-state index contributed by atoms with van der Waals surface area (Å²) in [4.78, 5) is 14.4. The SMILES string of the molecule is Cc1ccc(OP(Oc2ccc(C)cc2C(C)(C)C)Oc2c(C(C)(C)C)cc(C(=O)Oc3ccc(C(C)(C)C)cc3C(C)(C)C)cc2C(C)(C)C)c(C(C)(C)C)c1. The number of carbonyl (C=O) groups is 1. The molecule has 4 aromatic carbocycles. The Labute approximate surface area is 347 Å². The van der Waals surface area contributed by atoms with E-state index in [9.17, 15) is 4.79 Å². The summed E-state index contributed by atoms with van der Waals surface area (Å²) in [7, 11) is -2.07. The van der Waals surface area contributed by atoms with Gasteiger partial charge in [-0.05, 0) is 82.2 Å². The van der Waals surface area contributed by atoms with Crippen molar-refractivity contribution in [3.05, 3.63) is 117 Å². The zero-order valence-corrected chi connectivity index (χ0v) is 39.7. The van der Waals surface area contributed by atoms with Crippen molar-refractivity contribution in [2.75, 3.05) is 0 Å². The van der Waals surface area contributed by atoms with E-state index in [-0.39, 0.29) is 21.7 Å². The van der Waals surface area contributed by atoms with Crippen LogP contribution in [-0.2, 0) is 32.5 Å². The Morgan fingerprint density at radius 3 is 1.16 bits per heavy atom. The molecule has 0 aliphatic heterocycles. The molecule has 0 atom stereocenters. The van der Waals surface area contributed by atoms with Crippen molar-refractivity contribution in [1.29, 1.82) is 0 Å². The van der Waals surface area contributed by atoms with Gasteiger partial charge in [-0.15, -0.1) is 0 Å². The molecule has 5 nitrogen and oxygen atoms in total. The number of carbonyl (C=O) groups excluding carboxylic acids is 1. The molecule has 4 aromatic rings. The largest absolute Gasteiger partial charge is 0.530 e. The zero-order valence-electron chi connectivity index (χ0n) is 38.8. The van der Waals surface area contributed by atoms with Crippen LogP contribution in [0.15, 0.2) is 66.7 Å². The molecular formula is C51H71O5P. The highest BCUT2D eigenvalue weighted by molar-refractivity contribution is 7.43. The van der Waals surface area contributed by atoms with E-state index in [2.05, 4.69) is 175 Å². The maximum atomic E-state index is 14.4. The Hall–Kier alpha value is -3.82. The summed E-state index contributed by atoms with van der Waals surface area (Å²) in [5.41, 5.74) is 7.27. The Kier molecular flexibility index (Phi) is 12.9. The maximum Gasteiger partial charge on any atom is 0.530 e. The van der Waals surface area contributed by atoms with Crippen LogP contribution in [0, 0.1) is 13.8 Å². The Morgan fingerprint density at radius 2 is 0.789 bits per heavy atom. The number of rotatable bonds is 8. The Balaban J connectivity index is 1.93. The van der Waals surface area contributed by atoms with Gasteiger partial charge in [0.05, 0.1) is 5.56 Å². The van der Waals surface area contributed by atoms with Gasteiger partial charge in [-0.1, -0.05) is 172 Å². The molecule has 4 rings (SSSR count). The molecule has 0 saturated heterocycles. The molecule has 0 radical (unpaired) electrons. The smallest absolute Gasteiger partial charge is 0.423 e. The van der Waals surface area contributed by atoms with Gasteiger partial charge in [0.15, 0.2) is 0 Å². The lowest BCUT2D eigenvalue weighted by molar-refractivity contribution is 0.0731. The van der Waals surface area contributed by atoms with Crippen LogP contribution in [0.2, 0.25) is 0 Å². The van der Waals surface area contributed by atoms with Crippen molar-refractivity contribution in [1.82, 2.24) is 0 Å². The van der Waals surface area contributed by atoms with E-state index in [0.29, 0.717) is 28.6 Å². The number of hydrogen-bond acceptors (Lipinski definition) is 5. The zero-order chi connectivity index (χ0) is 43.3. The lowest BCUT2D eigenvalue weighted by Crippen LogP contribution is -2.23. The molecular weight excluding hydrogens is 724 g/mol. The van der Waals surface area contributed by atoms with E-state index in [1.165, 1.54) is 5.56 Å². The molecule has 0 heterocycles. The van der Waals surface area contributed by atoms with Crippen LogP contribution in [0.4, 0.5) is 0 Å². The topological polar surface area (TPSA) is 54.0 Å². The van der Waals surface area contributed by atoms with Crippen LogP contribution in [0.25, 0.3) is 0 Å². The second-order valence-electron chi connectivity index (χ2n) is 22.0. The third kappa shape index (κ3) is 11.4. The fourth-order valence-electron chi connectivity index (χ4n) is 6.70. The predicted molar refractivity (Wildman–Crippen MR) is 241 cm³/mol. The van der Waals surface area contributed by atoms with Gasteiger partial charge in [-0.2, -0.15) is 0 Å². The molecule has 0 unspecified atom stereocenters. The lowest BCUT2D eigenvalue weighted by atomic mass is 9.78. The highest BCUT2D eigenvalue weighted by Gasteiger charge is 2.35. The molecule has 0 aliphatic rings. The first kappa shape index (κ1) is 45.9. The van der Waals surface area contributed by atoms with E-state index in [1.807, 2.05) is 30.3 Å². The first-order valence-electron chi connectivity index (χ1n) is 20.4. The van der Waals surface area contributed by atoms with Gasteiger partial charge < -0.3 is 18.3 Å². The van der Waals surface area contributed by atoms with Crippen molar-refractivity contribution in [2.24, 2.45) is 0 Å².